The molecule has 50 valence electrons. The van der Waals surface area contributed by atoms with Gasteiger partial charge in [-0.05, 0) is 12.8 Å². The molecule has 1 unspecified atom stereocenters. The molecule has 2 fully saturated rings. The summed E-state index contributed by atoms with van der Waals surface area (Å²) in [4.78, 5) is 2.38. The SMILES string of the molecule is C=C1CCC2NCCN12. The van der Waals surface area contributed by atoms with E-state index in [4.69, 9.17) is 0 Å². The van der Waals surface area contributed by atoms with E-state index in [0.717, 1.165) is 6.54 Å². The Labute approximate surface area is 55.5 Å². The van der Waals surface area contributed by atoms with Gasteiger partial charge in [0.15, 0.2) is 0 Å². The highest BCUT2D eigenvalue weighted by molar-refractivity contribution is 5.05. The van der Waals surface area contributed by atoms with Crippen LogP contribution in [-0.4, -0.2) is 24.2 Å². The summed E-state index contributed by atoms with van der Waals surface area (Å²) in [5.74, 6) is 0. The predicted octanol–water partition coefficient (Wildman–Crippen LogP) is 0.525. The third kappa shape index (κ3) is 0.663. The van der Waals surface area contributed by atoms with Crippen molar-refractivity contribution in [3.8, 4) is 0 Å². The molecule has 2 rings (SSSR count). The number of hydrogen-bond acceptors (Lipinski definition) is 2. The first kappa shape index (κ1) is 5.30. The van der Waals surface area contributed by atoms with Crippen LogP contribution in [0.5, 0.6) is 0 Å². The average molecular weight is 124 g/mol. The van der Waals surface area contributed by atoms with Gasteiger partial charge in [0.05, 0.1) is 6.17 Å². The lowest BCUT2D eigenvalue weighted by Gasteiger charge is -2.16. The van der Waals surface area contributed by atoms with Crippen LogP contribution in [0.3, 0.4) is 0 Å². The molecule has 9 heavy (non-hydrogen) atoms. The molecule has 2 saturated heterocycles. The minimum atomic E-state index is 0.637. The summed E-state index contributed by atoms with van der Waals surface area (Å²) < 4.78 is 0. The van der Waals surface area contributed by atoms with E-state index in [1.807, 2.05) is 0 Å². The molecule has 0 aliphatic carbocycles. The molecule has 0 aromatic heterocycles. The van der Waals surface area contributed by atoms with Crippen LogP contribution in [0.4, 0.5) is 0 Å². The van der Waals surface area contributed by atoms with Gasteiger partial charge in [-0.2, -0.15) is 0 Å². The highest BCUT2D eigenvalue weighted by atomic mass is 15.3. The largest absolute Gasteiger partial charge is 0.359 e. The normalized spacial score (nSPS) is 33.6. The quantitative estimate of drug-likeness (QED) is 0.506. The Kier molecular flexibility index (Phi) is 1.02. The predicted molar refractivity (Wildman–Crippen MR) is 36.9 cm³/mol. The van der Waals surface area contributed by atoms with E-state index in [-0.39, 0.29) is 0 Å². The second kappa shape index (κ2) is 1.74. The summed E-state index contributed by atoms with van der Waals surface area (Å²) >= 11 is 0. The van der Waals surface area contributed by atoms with Gasteiger partial charge in [0.2, 0.25) is 0 Å². The molecule has 2 aliphatic rings. The van der Waals surface area contributed by atoms with Crippen LogP contribution in [0.2, 0.25) is 0 Å². The molecule has 0 bridgehead atoms. The molecule has 0 saturated carbocycles. The van der Waals surface area contributed by atoms with Crippen LogP contribution in [0.25, 0.3) is 0 Å². The van der Waals surface area contributed by atoms with E-state index >= 15 is 0 Å². The Morgan fingerprint density at radius 2 is 2.56 bits per heavy atom. The third-order valence-corrected chi connectivity index (χ3v) is 2.22. The maximum atomic E-state index is 3.98. The molecule has 1 N–H and O–H groups in total. The van der Waals surface area contributed by atoms with E-state index in [1.54, 1.807) is 0 Å². The molecule has 0 aromatic rings. The average Bonchev–Trinajstić information content (AvgIpc) is 2.35. The van der Waals surface area contributed by atoms with Gasteiger partial charge in [-0.25, -0.2) is 0 Å². The Hall–Kier alpha value is -0.500. The van der Waals surface area contributed by atoms with Crippen molar-refractivity contribution in [2.45, 2.75) is 19.0 Å². The molecular weight excluding hydrogens is 112 g/mol. The molecule has 2 aliphatic heterocycles. The van der Waals surface area contributed by atoms with Gasteiger partial charge in [0.1, 0.15) is 0 Å². The fourth-order valence-electron chi connectivity index (χ4n) is 1.70. The van der Waals surface area contributed by atoms with E-state index in [9.17, 15) is 0 Å². The van der Waals surface area contributed by atoms with Crippen molar-refractivity contribution in [3.63, 3.8) is 0 Å². The molecule has 2 nitrogen and oxygen atoms in total. The van der Waals surface area contributed by atoms with E-state index in [1.165, 1.54) is 25.1 Å². The lowest BCUT2D eigenvalue weighted by molar-refractivity contribution is 0.355. The summed E-state index contributed by atoms with van der Waals surface area (Å²) in [5, 5.41) is 3.41. The minimum absolute atomic E-state index is 0.637. The van der Waals surface area contributed by atoms with Gasteiger partial charge in [0, 0.05) is 18.8 Å². The summed E-state index contributed by atoms with van der Waals surface area (Å²) in [6.07, 6.45) is 3.09. The molecule has 1 atom stereocenters. The maximum absolute atomic E-state index is 3.98. The van der Waals surface area contributed by atoms with Crippen molar-refractivity contribution in [1.29, 1.82) is 0 Å². The Balaban J connectivity index is 2.15. The minimum Gasteiger partial charge on any atom is -0.359 e. The topological polar surface area (TPSA) is 15.3 Å². The number of fused-ring (bicyclic) bond motifs is 1. The third-order valence-electron chi connectivity index (χ3n) is 2.22. The Morgan fingerprint density at radius 3 is 3.33 bits per heavy atom. The highest BCUT2D eigenvalue weighted by Crippen LogP contribution is 2.26. The van der Waals surface area contributed by atoms with E-state index < -0.39 is 0 Å². The zero-order valence-electron chi connectivity index (χ0n) is 5.56. The highest BCUT2D eigenvalue weighted by Gasteiger charge is 2.29. The van der Waals surface area contributed by atoms with Crippen LogP contribution in [0, 0.1) is 0 Å². The summed E-state index contributed by atoms with van der Waals surface area (Å²) in [6, 6.07) is 0. The fourth-order valence-corrected chi connectivity index (χ4v) is 1.70. The molecule has 0 amide bonds. The number of rotatable bonds is 0. The molecule has 0 aromatic carbocycles. The zero-order chi connectivity index (χ0) is 6.27. The van der Waals surface area contributed by atoms with Crippen molar-refractivity contribution in [2.75, 3.05) is 13.1 Å². The maximum Gasteiger partial charge on any atom is 0.0797 e. The molecule has 0 radical (unpaired) electrons. The van der Waals surface area contributed by atoms with Crippen LogP contribution in [0.15, 0.2) is 12.3 Å². The number of allylic oxidation sites excluding steroid dienone is 1. The van der Waals surface area contributed by atoms with Gasteiger partial charge < -0.3 is 4.90 Å². The standard InChI is InChI=1S/C7H12N2/c1-6-2-3-7-8-4-5-9(6)7/h7-8H,1-5H2. The second-order valence-corrected chi connectivity index (χ2v) is 2.77. The van der Waals surface area contributed by atoms with Crippen LogP contribution >= 0.6 is 0 Å². The number of nitrogens with one attached hydrogen (secondary N) is 1. The van der Waals surface area contributed by atoms with Gasteiger partial charge >= 0.3 is 0 Å². The Bertz CT molecular complexity index is 142. The summed E-state index contributed by atoms with van der Waals surface area (Å²) in [6.45, 7) is 6.30. The van der Waals surface area contributed by atoms with Gasteiger partial charge in [-0.1, -0.05) is 6.58 Å². The van der Waals surface area contributed by atoms with Crippen molar-refractivity contribution in [2.24, 2.45) is 0 Å². The van der Waals surface area contributed by atoms with Gasteiger partial charge in [-0.3, -0.25) is 5.32 Å². The first-order valence-electron chi connectivity index (χ1n) is 3.56. The van der Waals surface area contributed by atoms with E-state index in [2.05, 4.69) is 16.8 Å². The fraction of sp³-hybridized carbons (Fsp3) is 0.714. The zero-order valence-corrected chi connectivity index (χ0v) is 5.56. The van der Waals surface area contributed by atoms with Gasteiger partial charge in [0.25, 0.3) is 0 Å². The number of hydrogen-bond donors (Lipinski definition) is 1. The van der Waals surface area contributed by atoms with Gasteiger partial charge in [-0.15, -0.1) is 0 Å². The first-order chi connectivity index (χ1) is 4.38. The lowest BCUT2D eigenvalue weighted by atomic mass is 10.3. The smallest absolute Gasteiger partial charge is 0.0797 e. The van der Waals surface area contributed by atoms with Crippen molar-refractivity contribution >= 4 is 0 Å². The molecule has 0 spiro atoms. The van der Waals surface area contributed by atoms with Crippen molar-refractivity contribution in [3.05, 3.63) is 12.3 Å². The summed E-state index contributed by atoms with van der Waals surface area (Å²) in [5.41, 5.74) is 1.32. The van der Waals surface area contributed by atoms with Crippen LogP contribution < -0.4 is 5.32 Å². The second-order valence-electron chi connectivity index (χ2n) is 2.77. The van der Waals surface area contributed by atoms with E-state index in [0.29, 0.717) is 6.17 Å². The van der Waals surface area contributed by atoms with Crippen molar-refractivity contribution in [1.82, 2.24) is 10.2 Å². The lowest BCUT2D eigenvalue weighted by Crippen LogP contribution is -2.27. The van der Waals surface area contributed by atoms with Crippen LogP contribution in [0.1, 0.15) is 12.8 Å². The Morgan fingerprint density at radius 1 is 1.67 bits per heavy atom. The molecule has 2 heterocycles. The van der Waals surface area contributed by atoms with Crippen LogP contribution in [-0.2, 0) is 0 Å². The molecule has 2 heteroatoms. The first-order valence-corrected chi connectivity index (χ1v) is 3.56. The summed E-state index contributed by atoms with van der Waals surface area (Å²) in [7, 11) is 0. The number of nitrogens with zero attached hydrogens (tertiary/aromatic N) is 1. The monoisotopic (exact) mass is 124 g/mol. The van der Waals surface area contributed by atoms with Crippen molar-refractivity contribution < 1.29 is 0 Å². The molecular formula is C7H12N2.